The molecule has 0 unspecified atom stereocenters. The number of rotatable bonds is 2. The van der Waals surface area contributed by atoms with E-state index in [1.54, 1.807) is 0 Å². The molecule has 0 heterocycles. The molecule has 0 radical (unpaired) electrons. The van der Waals surface area contributed by atoms with Crippen molar-refractivity contribution in [3.05, 3.63) is 0 Å². The average molecular weight is 168 g/mol. The van der Waals surface area contributed by atoms with Gasteiger partial charge >= 0.3 is 0 Å². The molecular weight excluding hydrogens is 152 g/mol. The molecule has 0 atom stereocenters. The maximum Gasteiger partial charge on any atom is 0.154 e. The van der Waals surface area contributed by atoms with Gasteiger partial charge in [0, 0.05) is 0 Å². The molecule has 1 aliphatic carbocycles. The van der Waals surface area contributed by atoms with Crippen molar-refractivity contribution in [2.75, 3.05) is 0 Å². The van der Waals surface area contributed by atoms with Crippen LogP contribution in [0, 0.1) is 23.7 Å². The first-order chi connectivity index (χ1) is 5.46. The van der Waals surface area contributed by atoms with Crippen LogP contribution in [0.2, 0.25) is 0 Å². The number of ketones is 2. The Balaban J connectivity index is 2.69. The van der Waals surface area contributed by atoms with Crippen LogP contribution in [-0.4, -0.2) is 11.6 Å². The lowest BCUT2D eigenvalue weighted by atomic mass is 9.63. The minimum Gasteiger partial charge on any atom is -0.298 e. The lowest BCUT2D eigenvalue weighted by molar-refractivity contribution is -0.155. The summed E-state index contributed by atoms with van der Waals surface area (Å²) in [5.74, 6) is 0.0878. The van der Waals surface area contributed by atoms with Gasteiger partial charge in [-0.1, -0.05) is 27.7 Å². The van der Waals surface area contributed by atoms with E-state index in [-0.39, 0.29) is 35.2 Å². The zero-order valence-corrected chi connectivity index (χ0v) is 8.13. The van der Waals surface area contributed by atoms with Gasteiger partial charge in [-0.25, -0.2) is 0 Å². The van der Waals surface area contributed by atoms with Crippen molar-refractivity contribution < 1.29 is 9.59 Å². The van der Waals surface area contributed by atoms with E-state index in [9.17, 15) is 9.59 Å². The van der Waals surface area contributed by atoms with Crippen molar-refractivity contribution in [3.63, 3.8) is 0 Å². The molecule has 0 amide bonds. The molecular formula is C10H16O2. The van der Waals surface area contributed by atoms with Gasteiger partial charge < -0.3 is 0 Å². The highest BCUT2D eigenvalue weighted by molar-refractivity contribution is 6.23. The molecule has 1 fully saturated rings. The van der Waals surface area contributed by atoms with E-state index < -0.39 is 0 Å². The molecule has 0 aliphatic heterocycles. The SMILES string of the molecule is CC(C)C1C(=O)C(C(C)C)C1=O. The summed E-state index contributed by atoms with van der Waals surface area (Å²) in [6, 6.07) is 0. The predicted molar refractivity (Wildman–Crippen MR) is 46.7 cm³/mol. The van der Waals surface area contributed by atoms with Crippen molar-refractivity contribution >= 4 is 11.6 Å². The van der Waals surface area contributed by atoms with Gasteiger partial charge in [-0.3, -0.25) is 9.59 Å². The van der Waals surface area contributed by atoms with Crippen molar-refractivity contribution in [1.82, 2.24) is 0 Å². The first kappa shape index (κ1) is 9.43. The fourth-order valence-electron chi connectivity index (χ4n) is 1.89. The molecule has 2 heteroatoms. The Morgan fingerprint density at radius 1 is 0.833 bits per heavy atom. The summed E-state index contributed by atoms with van der Waals surface area (Å²) >= 11 is 0. The third-order valence-electron chi connectivity index (χ3n) is 2.56. The minimum atomic E-state index is -0.294. The Kier molecular flexibility index (Phi) is 2.36. The monoisotopic (exact) mass is 168 g/mol. The zero-order chi connectivity index (χ0) is 9.46. The molecule has 0 aromatic heterocycles. The van der Waals surface area contributed by atoms with E-state index in [1.165, 1.54) is 0 Å². The van der Waals surface area contributed by atoms with Gasteiger partial charge in [0.15, 0.2) is 11.6 Å². The molecule has 0 aromatic rings. The average Bonchev–Trinajstić information content (AvgIpc) is 1.84. The van der Waals surface area contributed by atoms with Crippen molar-refractivity contribution in [3.8, 4) is 0 Å². The van der Waals surface area contributed by atoms with Crippen LogP contribution in [0.4, 0.5) is 0 Å². The second kappa shape index (κ2) is 3.00. The summed E-state index contributed by atoms with van der Waals surface area (Å²) in [7, 11) is 0. The Hall–Kier alpha value is -0.660. The number of hydrogen-bond acceptors (Lipinski definition) is 2. The van der Waals surface area contributed by atoms with Crippen LogP contribution in [-0.2, 0) is 9.59 Å². The first-order valence-corrected chi connectivity index (χ1v) is 4.54. The van der Waals surface area contributed by atoms with E-state index >= 15 is 0 Å². The highest BCUT2D eigenvalue weighted by Gasteiger charge is 2.50. The van der Waals surface area contributed by atoms with Crippen LogP contribution >= 0.6 is 0 Å². The summed E-state index contributed by atoms with van der Waals surface area (Å²) in [5.41, 5.74) is 0. The van der Waals surface area contributed by atoms with E-state index in [1.807, 2.05) is 27.7 Å². The third kappa shape index (κ3) is 1.19. The van der Waals surface area contributed by atoms with Crippen LogP contribution in [0.25, 0.3) is 0 Å². The maximum atomic E-state index is 11.4. The third-order valence-corrected chi connectivity index (χ3v) is 2.56. The Morgan fingerprint density at radius 2 is 1.08 bits per heavy atom. The second-order valence-electron chi connectivity index (χ2n) is 4.25. The highest BCUT2D eigenvalue weighted by atomic mass is 16.2. The molecule has 68 valence electrons. The maximum absolute atomic E-state index is 11.4. The van der Waals surface area contributed by atoms with Gasteiger partial charge in [0.2, 0.25) is 0 Å². The lowest BCUT2D eigenvalue weighted by Gasteiger charge is -2.36. The fraction of sp³-hybridized carbons (Fsp3) is 0.800. The van der Waals surface area contributed by atoms with Gasteiger partial charge in [0.1, 0.15) is 0 Å². The highest BCUT2D eigenvalue weighted by Crippen LogP contribution is 2.35. The van der Waals surface area contributed by atoms with Gasteiger partial charge in [-0.05, 0) is 11.8 Å². The minimum absolute atomic E-state index is 0.157. The molecule has 1 aliphatic rings. The van der Waals surface area contributed by atoms with Crippen molar-refractivity contribution in [1.29, 1.82) is 0 Å². The molecule has 12 heavy (non-hydrogen) atoms. The van der Waals surface area contributed by atoms with Crippen LogP contribution in [0.1, 0.15) is 27.7 Å². The molecule has 0 saturated heterocycles. The molecule has 1 rings (SSSR count). The molecule has 0 aromatic carbocycles. The van der Waals surface area contributed by atoms with Crippen molar-refractivity contribution in [2.45, 2.75) is 27.7 Å². The second-order valence-corrected chi connectivity index (χ2v) is 4.25. The summed E-state index contributed by atoms with van der Waals surface area (Å²) in [6.07, 6.45) is 0. The number of Topliss-reactive ketones (excluding diaryl/α,β-unsaturated/α-hetero) is 2. The van der Waals surface area contributed by atoms with Crippen LogP contribution < -0.4 is 0 Å². The summed E-state index contributed by atoms with van der Waals surface area (Å²) in [4.78, 5) is 22.9. The topological polar surface area (TPSA) is 34.1 Å². The van der Waals surface area contributed by atoms with Crippen LogP contribution in [0.5, 0.6) is 0 Å². The van der Waals surface area contributed by atoms with Crippen LogP contribution in [0.15, 0.2) is 0 Å². The summed E-state index contributed by atoms with van der Waals surface area (Å²) < 4.78 is 0. The molecule has 0 bridgehead atoms. The number of carbonyl (C=O) groups is 2. The lowest BCUT2D eigenvalue weighted by Crippen LogP contribution is -2.52. The standard InChI is InChI=1S/C10H16O2/c1-5(2)7-9(11)8(6(3)4)10(7)12/h5-8H,1-4H3. The first-order valence-electron chi connectivity index (χ1n) is 4.54. The van der Waals surface area contributed by atoms with Gasteiger partial charge in [-0.2, -0.15) is 0 Å². The molecule has 0 N–H and O–H groups in total. The van der Waals surface area contributed by atoms with Crippen LogP contribution in [0.3, 0.4) is 0 Å². The Labute approximate surface area is 73.3 Å². The van der Waals surface area contributed by atoms with E-state index in [2.05, 4.69) is 0 Å². The summed E-state index contributed by atoms with van der Waals surface area (Å²) in [6.45, 7) is 7.71. The van der Waals surface area contributed by atoms with Gasteiger partial charge in [0.25, 0.3) is 0 Å². The Morgan fingerprint density at radius 3 is 1.25 bits per heavy atom. The Bertz CT molecular complexity index is 180. The number of hydrogen-bond donors (Lipinski definition) is 0. The van der Waals surface area contributed by atoms with E-state index in [0.29, 0.717) is 0 Å². The molecule has 2 nitrogen and oxygen atoms in total. The van der Waals surface area contributed by atoms with Crippen molar-refractivity contribution in [2.24, 2.45) is 23.7 Å². The largest absolute Gasteiger partial charge is 0.298 e. The quantitative estimate of drug-likeness (QED) is 0.588. The fourth-order valence-corrected chi connectivity index (χ4v) is 1.89. The number of carbonyl (C=O) groups excluding carboxylic acids is 2. The molecule has 1 saturated carbocycles. The van der Waals surface area contributed by atoms with E-state index in [4.69, 9.17) is 0 Å². The van der Waals surface area contributed by atoms with E-state index in [0.717, 1.165) is 0 Å². The van der Waals surface area contributed by atoms with Gasteiger partial charge in [-0.15, -0.1) is 0 Å². The zero-order valence-electron chi connectivity index (χ0n) is 8.13. The predicted octanol–water partition coefficient (Wildman–Crippen LogP) is 1.68. The molecule has 0 spiro atoms. The normalized spacial score (nSPS) is 29.8. The summed E-state index contributed by atoms with van der Waals surface area (Å²) in [5, 5.41) is 0. The van der Waals surface area contributed by atoms with Gasteiger partial charge in [0.05, 0.1) is 11.8 Å². The smallest absolute Gasteiger partial charge is 0.154 e.